The van der Waals surface area contributed by atoms with Crippen LogP contribution in [0, 0.1) is 6.92 Å². The highest BCUT2D eigenvalue weighted by molar-refractivity contribution is 5.92. The largest absolute Gasteiger partial charge is 0.338 e. The molecule has 1 saturated heterocycles. The average molecular weight is 325 g/mol. The number of likely N-dealkylation sites (tertiary alicyclic amines) is 1. The molecule has 6 heteroatoms. The molecular weight excluding hydrogens is 302 g/mol. The van der Waals surface area contributed by atoms with E-state index in [1.165, 1.54) is 0 Å². The molecule has 0 radical (unpaired) electrons. The van der Waals surface area contributed by atoms with Crippen molar-refractivity contribution in [1.29, 1.82) is 0 Å². The molecule has 0 saturated carbocycles. The predicted octanol–water partition coefficient (Wildman–Crippen LogP) is 2.47. The number of carbonyl (C=O) groups is 1. The monoisotopic (exact) mass is 325 g/mol. The Hall–Kier alpha value is -2.50. The SMILES string of the molecule is C=C(C)C(=O)N1CCCC(c2nccnc2-c2cnc(C)n2C)C1. The van der Waals surface area contributed by atoms with Crippen molar-refractivity contribution in [1.82, 2.24) is 24.4 Å². The molecule has 1 amide bonds. The third-order valence-corrected chi connectivity index (χ3v) is 4.65. The number of piperidine rings is 1. The lowest BCUT2D eigenvalue weighted by Gasteiger charge is -2.33. The number of imidazole rings is 1. The Morgan fingerprint density at radius 1 is 1.29 bits per heavy atom. The summed E-state index contributed by atoms with van der Waals surface area (Å²) >= 11 is 0. The number of aryl methyl sites for hydroxylation is 1. The van der Waals surface area contributed by atoms with Gasteiger partial charge >= 0.3 is 0 Å². The second-order valence-corrected chi connectivity index (χ2v) is 6.41. The number of aromatic nitrogens is 4. The van der Waals surface area contributed by atoms with Gasteiger partial charge in [0.25, 0.3) is 0 Å². The lowest BCUT2D eigenvalue weighted by atomic mass is 9.92. The van der Waals surface area contributed by atoms with Crippen LogP contribution in [0.4, 0.5) is 0 Å². The first-order valence-electron chi connectivity index (χ1n) is 8.23. The van der Waals surface area contributed by atoms with Crippen molar-refractivity contribution < 1.29 is 4.79 Å². The summed E-state index contributed by atoms with van der Waals surface area (Å²) in [5.74, 6) is 1.15. The molecule has 3 heterocycles. The Kier molecular flexibility index (Phi) is 4.46. The summed E-state index contributed by atoms with van der Waals surface area (Å²) in [5, 5.41) is 0. The quantitative estimate of drug-likeness (QED) is 0.813. The molecule has 1 unspecified atom stereocenters. The van der Waals surface area contributed by atoms with Crippen LogP contribution in [0.1, 0.15) is 37.2 Å². The van der Waals surface area contributed by atoms with Gasteiger partial charge in [-0.3, -0.25) is 14.8 Å². The summed E-state index contributed by atoms with van der Waals surface area (Å²) in [6, 6.07) is 0. The van der Waals surface area contributed by atoms with E-state index in [4.69, 9.17) is 0 Å². The van der Waals surface area contributed by atoms with Crippen LogP contribution >= 0.6 is 0 Å². The van der Waals surface area contributed by atoms with Crippen LogP contribution < -0.4 is 0 Å². The van der Waals surface area contributed by atoms with Gasteiger partial charge in [0.15, 0.2) is 0 Å². The molecule has 2 aromatic heterocycles. The standard InChI is InChI=1S/C18H23N5O/c1-12(2)18(24)23-9-5-6-14(11-23)16-17(20-8-7-19-16)15-10-21-13(3)22(15)4/h7-8,10,14H,1,5-6,9,11H2,2-4H3. The van der Waals surface area contributed by atoms with Crippen LogP contribution in [0.15, 0.2) is 30.7 Å². The Bertz CT molecular complexity index is 779. The van der Waals surface area contributed by atoms with E-state index in [0.717, 1.165) is 42.3 Å². The van der Waals surface area contributed by atoms with E-state index in [1.807, 2.05) is 29.6 Å². The molecular formula is C18H23N5O. The molecule has 2 aromatic rings. The molecule has 1 fully saturated rings. The number of hydrogen-bond acceptors (Lipinski definition) is 4. The van der Waals surface area contributed by atoms with Crippen molar-refractivity contribution in [2.75, 3.05) is 13.1 Å². The lowest BCUT2D eigenvalue weighted by molar-refractivity contribution is -0.128. The topological polar surface area (TPSA) is 63.9 Å². The van der Waals surface area contributed by atoms with Crippen molar-refractivity contribution in [2.24, 2.45) is 7.05 Å². The maximum absolute atomic E-state index is 12.3. The van der Waals surface area contributed by atoms with Gasteiger partial charge in [-0.1, -0.05) is 6.58 Å². The van der Waals surface area contributed by atoms with Gasteiger partial charge < -0.3 is 9.47 Å². The van der Waals surface area contributed by atoms with E-state index in [-0.39, 0.29) is 11.8 Å². The average Bonchev–Trinajstić information content (AvgIpc) is 2.93. The summed E-state index contributed by atoms with van der Waals surface area (Å²) in [7, 11) is 1.98. The molecule has 0 N–H and O–H groups in total. The van der Waals surface area contributed by atoms with Crippen molar-refractivity contribution in [3.63, 3.8) is 0 Å². The summed E-state index contributed by atoms with van der Waals surface area (Å²) in [6.07, 6.45) is 7.23. The Labute approximate surface area is 142 Å². The van der Waals surface area contributed by atoms with Gasteiger partial charge in [0.1, 0.15) is 11.5 Å². The first-order chi connectivity index (χ1) is 11.5. The Morgan fingerprint density at radius 2 is 2.04 bits per heavy atom. The van der Waals surface area contributed by atoms with E-state index < -0.39 is 0 Å². The third-order valence-electron chi connectivity index (χ3n) is 4.65. The van der Waals surface area contributed by atoms with Crippen molar-refractivity contribution in [3.05, 3.63) is 42.3 Å². The van der Waals surface area contributed by atoms with Crippen molar-refractivity contribution in [2.45, 2.75) is 32.6 Å². The smallest absolute Gasteiger partial charge is 0.248 e. The van der Waals surface area contributed by atoms with Crippen LogP contribution in [0.2, 0.25) is 0 Å². The number of amides is 1. The zero-order valence-corrected chi connectivity index (χ0v) is 14.5. The maximum Gasteiger partial charge on any atom is 0.248 e. The first-order valence-corrected chi connectivity index (χ1v) is 8.23. The van der Waals surface area contributed by atoms with Gasteiger partial charge in [0.05, 0.1) is 17.6 Å². The Morgan fingerprint density at radius 3 is 2.71 bits per heavy atom. The fraction of sp³-hybridized carbons (Fsp3) is 0.444. The van der Waals surface area contributed by atoms with Gasteiger partial charge in [-0.25, -0.2) is 4.98 Å². The van der Waals surface area contributed by atoms with E-state index in [9.17, 15) is 4.79 Å². The van der Waals surface area contributed by atoms with Crippen LogP contribution in [0.3, 0.4) is 0 Å². The van der Waals surface area contributed by atoms with Gasteiger partial charge in [0.2, 0.25) is 5.91 Å². The molecule has 1 aliphatic heterocycles. The lowest BCUT2D eigenvalue weighted by Crippen LogP contribution is -2.39. The van der Waals surface area contributed by atoms with Gasteiger partial charge in [-0.15, -0.1) is 0 Å². The number of carbonyl (C=O) groups excluding carboxylic acids is 1. The fourth-order valence-electron chi connectivity index (χ4n) is 3.22. The van der Waals surface area contributed by atoms with Crippen LogP contribution in [-0.2, 0) is 11.8 Å². The molecule has 0 aromatic carbocycles. The highest BCUT2D eigenvalue weighted by atomic mass is 16.2. The van der Waals surface area contributed by atoms with Gasteiger partial charge in [0, 0.05) is 44.0 Å². The zero-order chi connectivity index (χ0) is 17.3. The highest BCUT2D eigenvalue weighted by Gasteiger charge is 2.28. The van der Waals surface area contributed by atoms with Crippen molar-refractivity contribution >= 4 is 5.91 Å². The van der Waals surface area contributed by atoms with E-state index in [1.54, 1.807) is 19.3 Å². The van der Waals surface area contributed by atoms with E-state index in [2.05, 4.69) is 21.5 Å². The van der Waals surface area contributed by atoms with Crippen LogP contribution in [0.5, 0.6) is 0 Å². The second kappa shape index (κ2) is 6.55. The molecule has 24 heavy (non-hydrogen) atoms. The number of rotatable bonds is 3. The Balaban J connectivity index is 1.94. The van der Waals surface area contributed by atoms with E-state index >= 15 is 0 Å². The molecule has 0 bridgehead atoms. The predicted molar refractivity (Wildman–Crippen MR) is 92.3 cm³/mol. The van der Waals surface area contributed by atoms with Crippen LogP contribution in [0.25, 0.3) is 11.4 Å². The molecule has 6 nitrogen and oxygen atoms in total. The minimum atomic E-state index is 0.0292. The first kappa shape index (κ1) is 16.4. The summed E-state index contributed by atoms with van der Waals surface area (Å²) in [6.45, 7) is 8.95. The summed E-state index contributed by atoms with van der Waals surface area (Å²) in [5.41, 5.74) is 3.34. The number of nitrogens with zero attached hydrogens (tertiary/aromatic N) is 5. The highest BCUT2D eigenvalue weighted by Crippen LogP contribution is 2.32. The van der Waals surface area contributed by atoms with Crippen LogP contribution in [-0.4, -0.2) is 43.4 Å². The van der Waals surface area contributed by atoms with Gasteiger partial charge in [-0.05, 0) is 26.7 Å². The van der Waals surface area contributed by atoms with E-state index in [0.29, 0.717) is 12.1 Å². The number of hydrogen-bond donors (Lipinski definition) is 0. The fourth-order valence-corrected chi connectivity index (χ4v) is 3.22. The summed E-state index contributed by atoms with van der Waals surface area (Å²) in [4.78, 5) is 27.7. The molecule has 126 valence electrons. The minimum absolute atomic E-state index is 0.0292. The second-order valence-electron chi connectivity index (χ2n) is 6.41. The third kappa shape index (κ3) is 2.96. The molecule has 0 aliphatic carbocycles. The molecule has 1 atom stereocenters. The van der Waals surface area contributed by atoms with Gasteiger partial charge in [-0.2, -0.15) is 0 Å². The molecule has 1 aliphatic rings. The molecule has 3 rings (SSSR count). The molecule has 0 spiro atoms. The maximum atomic E-state index is 12.3. The van der Waals surface area contributed by atoms with Crippen molar-refractivity contribution in [3.8, 4) is 11.4 Å². The zero-order valence-electron chi connectivity index (χ0n) is 14.5. The minimum Gasteiger partial charge on any atom is -0.338 e. The summed E-state index contributed by atoms with van der Waals surface area (Å²) < 4.78 is 2.02. The normalized spacial score (nSPS) is 17.8.